The first-order valence-corrected chi connectivity index (χ1v) is 6.11. The number of ether oxygens (including phenoxy) is 2. The number of carbonyl (C=O) groups excluding carboxylic acids is 1. The van der Waals surface area contributed by atoms with Crippen molar-refractivity contribution in [2.75, 3.05) is 7.11 Å². The molecule has 1 aromatic heterocycles. The van der Waals surface area contributed by atoms with Gasteiger partial charge >= 0.3 is 5.97 Å². The Morgan fingerprint density at radius 2 is 1.85 bits per heavy atom. The zero-order valence-corrected chi connectivity index (χ0v) is 10.8. The molecule has 0 unspecified atom stereocenters. The second kappa shape index (κ2) is 5.09. The Morgan fingerprint density at radius 1 is 1.05 bits per heavy atom. The van der Waals surface area contributed by atoms with Gasteiger partial charge in [0.1, 0.15) is 11.3 Å². The maximum atomic E-state index is 11.9. The van der Waals surface area contributed by atoms with Crippen LogP contribution in [0.2, 0.25) is 0 Å². The van der Waals surface area contributed by atoms with Crippen LogP contribution in [0.15, 0.2) is 59.0 Å². The Labute approximate surface area is 115 Å². The maximum absolute atomic E-state index is 11.9. The fourth-order valence-electron chi connectivity index (χ4n) is 1.89. The topological polar surface area (TPSA) is 48.7 Å². The molecule has 0 N–H and O–H groups in total. The second-order valence-corrected chi connectivity index (χ2v) is 4.22. The van der Waals surface area contributed by atoms with E-state index in [1.54, 1.807) is 43.5 Å². The third-order valence-electron chi connectivity index (χ3n) is 2.91. The summed E-state index contributed by atoms with van der Waals surface area (Å²) < 4.78 is 15.8. The number of methoxy groups -OCH3 is 1. The molecular formula is C16H12O4. The van der Waals surface area contributed by atoms with Crippen molar-refractivity contribution >= 4 is 16.9 Å². The quantitative estimate of drug-likeness (QED) is 0.680. The normalized spacial score (nSPS) is 10.4. The highest BCUT2D eigenvalue weighted by molar-refractivity contribution is 5.91. The zero-order chi connectivity index (χ0) is 13.9. The fourth-order valence-corrected chi connectivity index (χ4v) is 1.89. The molecule has 3 aromatic rings. The summed E-state index contributed by atoms with van der Waals surface area (Å²) in [6.45, 7) is 0. The van der Waals surface area contributed by atoms with Gasteiger partial charge < -0.3 is 13.9 Å². The van der Waals surface area contributed by atoms with Gasteiger partial charge in [0.25, 0.3) is 5.95 Å². The lowest BCUT2D eigenvalue weighted by Gasteiger charge is -1.99. The van der Waals surface area contributed by atoms with Gasteiger partial charge in [-0.3, -0.25) is 0 Å². The lowest BCUT2D eigenvalue weighted by molar-refractivity contribution is 0.0697. The monoisotopic (exact) mass is 268 g/mol. The number of hydrogen-bond donors (Lipinski definition) is 0. The van der Waals surface area contributed by atoms with E-state index in [-0.39, 0.29) is 5.95 Å². The smallest absolute Gasteiger partial charge is 0.345 e. The Morgan fingerprint density at radius 3 is 2.60 bits per heavy atom. The van der Waals surface area contributed by atoms with Crippen LogP contribution in [0.25, 0.3) is 11.0 Å². The summed E-state index contributed by atoms with van der Waals surface area (Å²) >= 11 is 0. The van der Waals surface area contributed by atoms with Crippen molar-refractivity contribution in [1.29, 1.82) is 0 Å². The molecule has 0 saturated heterocycles. The average molecular weight is 268 g/mol. The summed E-state index contributed by atoms with van der Waals surface area (Å²) in [5, 5.41) is 0.849. The van der Waals surface area contributed by atoms with Crippen LogP contribution in [0.1, 0.15) is 10.4 Å². The highest BCUT2D eigenvalue weighted by atomic mass is 16.6. The molecule has 0 spiro atoms. The van der Waals surface area contributed by atoms with Crippen LogP contribution in [0.4, 0.5) is 0 Å². The fraction of sp³-hybridized carbons (Fsp3) is 0.0625. The highest BCUT2D eigenvalue weighted by Gasteiger charge is 2.12. The lowest BCUT2D eigenvalue weighted by atomic mass is 10.2. The second-order valence-electron chi connectivity index (χ2n) is 4.22. The van der Waals surface area contributed by atoms with Gasteiger partial charge in [0.05, 0.1) is 12.7 Å². The van der Waals surface area contributed by atoms with Crippen molar-refractivity contribution in [1.82, 2.24) is 0 Å². The molecule has 0 aliphatic heterocycles. The van der Waals surface area contributed by atoms with Gasteiger partial charge in [-0.2, -0.15) is 0 Å². The van der Waals surface area contributed by atoms with Crippen molar-refractivity contribution in [2.24, 2.45) is 0 Å². The molecule has 0 bridgehead atoms. The van der Waals surface area contributed by atoms with Gasteiger partial charge in [-0.15, -0.1) is 0 Å². The molecule has 20 heavy (non-hydrogen) atoms. The molecule has 0 fully saturated rings. The molecule has 0 radical (unpaired) electrons. The summed E-state index contributed by atoms with van der Waals surface area (Å²) in [4.78, 5) is 11.9. The van der Waals surface area contributed by atoms with Gasteiger partial charge in [0.2, 0.25) is 0 Å². The number of fused-ring (bicyclic) bond motifs is 1. The van der Waals surface area contributed by atoms with Gasteiger partial charge in [0, 0.05) is 17.5 Å². The molecule has 0 saturated carbocycles. The predicted molar refractivity (Wildman–Crippen MR) is 74.2 cm³/mol. The Balaban J connectivity index is 1.86. The molecule has 3 rings (SSSR count). The highest BCUT2D eigenvalue weighted by Crippen LogP contribution is 2.28. The predicted octanol–water partition coefficient (Wildman–Crippen LogP) is 3.66. The van der Waals surface area contributed by atoms with Crippen LogP contribution in [0.5, 0.6) is 11.7 Å². The van der Waals surface area contributed by atoms with Crippen molar-refractivity contribution < 1.29 is 18.7 Å². The molecule has 0 aliphatic carbocycles. The number of furan rings is 1. The third-order valence-corrected chi connectivity index (χ3v) is 2.91. The van der Waals surface area contributed by atoms with E-state index in [1.165, 1.54) is 0 Å². The first-order chi connectivity index (χ1) is 9.76. The minimum atomic E-state index is -0.448. The molecule has 0 aliphatic rings. The number of esters is 1. The van der Waals surface area contributed by atoms with Crippen LogP contribution in [-0.4, -0.2) is 13.1 Å². The first kappa shape index (κ1) is 12.3. The van der Waals surface area contributed by atoms with Crippen LogP contribution in [-0.2, 0) is 0 Å². The number of hydrogen-bond acceptors (Lipinski definition) is 4. The van der Waals surface area contributed by atoms with Crippen LogP contribution in [0, 0.1) is 0 Å². The summed E-state index contributed by atoms with van der Waals surface area (Å²) in [5.41, 5.74) is 1.09. The largest absolute Gasteiger partial charge is 0.497 e. The standard InChI is InChI=1S/C16H12O4/c1-18-13-8-7-12-9-15(19-14(12)10-13)20-16(17)11-5-3-2-4-6-11/h2-10H,1H3. The lowest BCUT2D eigenvalue weighted by Crippen LogP contribution is -2.07. The maximum Gasteiger partial charge on any atom is 0.345 e. The summed E-state index contributed by atoms with van der Waals surface area (Å²) in [7, 11) is 1.58. The van der Waals surface area contributed by atoms with Crippen LogP contribution >= 0.6 is 0 Å². The van der Waals surface area contributed by atoms with Crippen molar-refractivity contribution in [3.05, 3.63) is 60.2 Å². The minimum Gasteiger partial charge on any atom is -0.497 e. The number of benzene rings is 2. The van der Waals surface area contributed by atoms with Gasteiger partial charge in [0.15, 0.2) is 0 Å². The molecule has 100 valence electrons. The van der Waals surface area contributed by atoms with Crippen molar-refractivity contribution in [2.45, 2.75) is 0 Å². The van der Waals surface area contributed by atoms with Gasteiger partial charge in [-0.1, -0.05) is 18.2 Å². The molecule has 4 heteroatoms. The number of rotatable bonds is 3. The Kier molecular flexibility index (Phi) is 3.13. The van der Waals surface area contributed by atoms with Crippen LogP contribution < -0.4 is 9.47 Å². The molecule has 0 atom stereocenters. The molecular weight excluding hydrogens is 256 g/mol. The molecule has 1 heterocycles. The van der Waals surface area contributed by atoms with E-state index in [0.29, 0.717) is 16.9 Å². The first-order valence-electron chi connectivity index (χ1n) is 6.11. The van der Waals surface area contributed by atoms with E-state index < -0.39 is 5.97 Å². The minimum absolute atomic E-state index is 0.169. The van der Waals surface area contributed by atoms with Crippen molar-refractivity contribution in [3.8, 4) is 11.7 Å². The average Bonchev–Trinajstić information content (AvgIpc) is 2.89. The zero-order valence-electron chi connectivity index (χ0n) is 10.8. The molecule has 4 nitrogen and oxygen atoms in total. The van der Waals surface area contributed by atoms with Gasteiger partial charge in [-0.05, 0) is 24.3 Å². The van der Waals surface area contributed by atoms with Crippen LogP contribution in [0.3, 0.4) is 0 Å². The van der Waals surface area contributed by atoms with E-state index in [4.69, 9.17) is 13.9 Å². The SMILES string of the molecule is COc1ccc2cc(OC(=O)c3ccccc3)oc2c1. The Hall–Kier alpha value is -2.75. The van der Waals surface area contributed by atoms with Crippen molar-refractivity contribution in [3.63, 3.8) is 0 Å². The number of carbonyl (C=O) groups is 1. The molecule has 0 amide bonds. The van der Waals surface area contributed by atoms with E-state index in [0.717, 1.165) is 5.39 Å². The van der Waals surface area contributed by atoms with E-state index in [9.17, 15) is 4.79 Å². The van der Waals surface area contributed by atoms with Gasteiger partial charge in [-0.25, -0.2) is 4.79 Å². The third kappa shape index (κ3) is 2.36. The summed E-state index contributed by atoms with van der Waals surface area (Å²) in [6.07, 6.45) is 0. The molecule has 2 aromatic carbocycles. The van der Waals surface area contributed by atoms with E-state index in [2.05, 4.69) is 0 Å². The summed E-state index contributed by atoms with van der Waals surface area (Å²) in [6, 6.07) is 15.9. The van der Waals surface area contributed by atoms with E-state index >= 15 is 0 Å². The summed E-state index contributed by atoms with van der Waals surface area (Å²) in [5.74, 6) is 0.409. The Bertz CT molecular complexity index is 744. The van der Waals surface area contributed by atoms with E-state index in [1.807, 2.05) is 18.2 Å².